The standard InChI is InChI=1S/C17H32FN3O/c1-2-3-4-5-6-7-8-9-10-11-12-13-17(22)16(18)14-15-20-21-19/h14,17,22H,2-13,15H2,1H3/b16-14-. The Morgan fingerprint density at radius 3 is 2.05 bits per heavy atom. The highest BCUT2D eigenvalue weighted by atomic mass is 19.1. The Bertz CT molecular complexity index is 328. The first-order chi connectivity index (χ1) is 10.7. The topological polar surface area (TPSA) is 69.0 Å². The van der Waals surface area contributed by atoms with Crippen molar-refractivity contribution < 1.29 is 9.50 Å². The highest BCUT2D eigenvalue weighted by molar-refractivity contribution is 4.99. The molecule has 0 rings (SSSR count). The van der Waals surface area contributed by atoms with E-state index in [2.05, 4.69) is 16.9 Å². The molecule has 1 atom stereocenters. The molecule has 1 unspecified atom stereocenters. The average Bonchev–Trinajstić information content (AvgIpc) is 2.52. The van der Waals surface area contributed by atoms with Gasteiger partial charge in [0.15, 0.2) is 0 Å². The van der Waals surface area contributed by atoms with Crippen LogP contribution < -0.4 is 0 Å². The predicted molar refractivity (Wildman–Crippen MR) is 90.3 cm³/mol. The van der Waals surface area contributed by atoms with Crippen molar-refractivity contribution >= 4 is 0 Å². The van der Waals surface area contributed by atoms with E-state index in [0.717, 1.165) is 25.3 Å². The van der Waals surface area contributed by atoms with E-state index in [0.29, 0.717) is 6.42 Å². The first-order valence-corrected chi connectivity index (χ1v) is 8.76. The van der Waals surface area contributed by atoms with Gasteiger partial charge in [0.25, 0.3) is 0 Å². The lowest BCUT2D eigenvalue weighted by Crippen LogP contribution is -2.07. The van der Waals surface area contributed by atoms with E-state index in [1.165, 1.54) is 51.4 Å². The van der Waals surface area contributed by atoms with Crippen molar-refractivity contribution in [1.82, 2.24) is 0 Å². The fraction of sp³-hybridized carbons (Fsp3) is 0.882. The smallest absolute Gasteiger partial charge is 0.125 e. The number of unbranched alkanes of at least 4 members (excludes halogenated alkanes) is 10. The molecule has 0 aromatic carbocycles. The van der Waals surface area contributed by atoms with Gasteiger partial charge >= 0.3 is 0 Å². The monoisotopic (exact) mass is 313 g/mol. The van der Waals surface area contributed by atoms with Gasteiger partial charge in [-0.2, -0.15) is 0 Å². The maximum atomic E-state index is 13.4. The Labute approximate surface area is 134 Å². The fourth-order valence-corrected chi connectivity index (χ4v) is 2.44. The molecule has 1 N–H and O–H groups in total. The molecule has 0 saturated carbocycles. The molecule has 0 fully saturated rings. The Hall–Kier alpha value is -1.06. The summed E-state index contributed by atoms with van der Waals surface area (Å²) in [6, 6.07) is 0. The number of hydrogen-bond donors (Lipinski definition) is 1. The minimum absolute atomic E-state index is 0.0440. The van der Waals surface area contributed by atoms with Crippen LogP contribution >= 0.6 is 0 Å². The van der Waals surface area contributed by atoms with Gasteiger partial charge in [-0.25, -0.2) is 4.39 Å². The van der Waals surface area contributed by atoms with Crippen LogP contribution in [0.15, 0.2) is 17.0 Å². The summed E-state index contributed by atoms with van der Waals surface area (Å²) in [5.74, 6) is -0.584. The van der Waals surface area contributed by atoms with Gasteiger partial charge in [-0.15, -0.1) is 0 Å². The van der Waals surface area contributed by atoms with E-state index in [1.807, 2.05) is 0 Å². The zero-order valence-electron chi connectivity index (χ0n) is 14.0. The van der Waals surface area contributed by atoms with Crippen LogP contribution in [0.1, 0.15) is 84.0 Å². The number of aliphatic hydroxyl groups is 1. The van der Waals surface area contributed by atoms with Crippen molar-refractivity contribution in [2.45, 2.75) is 90.1 Å². The number of azide groups is 1. The molecule has 0 radical (unpaired) electrons. The first-order valence-electron chi connectivity index (χ1n) is 8.76. The lowest BCUT2D eigenvalue weighted by molar-refractivity contribution is 0.168. The van der Waals surface area contributed by atoms with E-state index < -0.39 is 11.9 Å². The lowest BCUT2D eigenvalue weighted by atomic mass is 10.0. The summed E-state index contributed by atoms with van der Waals surface area (Å²) in [6.45, 7) is 2.19. The summed E-state index contributed by atoms with van der Waals surface area (Å²) in [6.07, 6.45) is 14.1. The molecule has 128 valence electrons. The number of rotatable bonds is 15. The molecule has 0 aliphatic heterocycles. The second kappa shape index (κ2) is 16.3. The summed E-state index contributed by atoms with van der Waals surface area (Å²) in [5.41, 5.74) is 8.08. The second-order valence-corrected chi connectivity index (χ2v) is 5.84. The first kappa shape index (κ1) is 20.9. The SMILES string of the molecule is CCCCCCCCCCCCCC(O)/C(F)=C/CN=[N+]=[N-]. The third kappa shape index (κ3) is 13.9. The van der Waals surface area contributed by atoms with Gasteiger partial charge in [-0.1, -0.05) is 82.7 Å². The Morgan fingerprint density at radius 2 is 1.55 bits per heavy atom. The summed E-state index contributed by atoms with van der Waals surface area (Å²) in [7, 11) is 0. The van der Waals surface area contributed by atoms with Crippen molar-refractivity contribution in [2.24, 2.45) is 5.11 Å². The van der Waals surface area contributed by atoms with Gasteiger partial charge in [0.2, 0.25) is 0 Å². The highest BCUT2D eigenvalue weighted by Crippen LogP contribution is 2.15. The van der Waals surface area contributed by atoms with Gasteiger partial charge < -0.3 is 5.11 Å². The van der Waals surface area contributed by atoms with E-state index in [-0.39, 0.29) is 6.54 Å². The predicted octanol–water partition coefficient (Wildman–Crippen LogP) is 6.21. The molecular weight excluding hydrogens is 281 g/mol. The number of nitrogens with zero attached hydrogens (tertiary/aromatic N) is 3. The summed E-state index contributed by atoms with van der Waals surface area (Å²) < 4.78 is 13.4. The van der Waals surface area contributed by atoms with Crippen LogP contribution in [-0.2, 0) is 0 Å². The van der Waals surface area contributed by atoms with Gasteiger partial charge in [0, 0.05) is 11.5 Å². The molecule has 4 nitrogen and oxygen atoms in total. The maximum absolute atomic E-state index is 13.4. The van der Waals surface area contributed by atoms with Crippen LogP contribution in [0.25, 0.3) is 10.4 Å². The van der Waals surface area contributed by atoms with Crippen molar-refractivity contribution in [2.75, 3.05) is 6.54 Å². The van der Waals surface area contributed by atoms with Crippen LogP contribution in [0.4, 0.5) is 4.39 Å². The maximum Gasteiger partial charge on any atom is 0.125 e. The van der Waals surface area contributed by atoms with Crippen molar-refractivity contribution in [1.29, 1.82) is 0 Å². The molecule has 0 aliphatic carbocycles. The molecule has 0 aliphatic rings. The molecule has 0 aromatic heterocycles. The third-order valence-corrected chi connectivity index (χ3v) is 3.83. The van der Waals surface area contributed by atoms with E-state index in [4.69, 9.17) is 5.53 Å². The average molecular weight is 313 g/mol. The highest BCUT2D eigenvalue weighted by Gasteiger charge is 2.09. The Balaban J connectivity index is 3.38. The fourth-order valence-electron chi connectivity index (χ4n) is 2.44. The zero-order valence-corrected chi connectivity index (χ0v) is 14.0. The Morgan fingerprint density at radius 1 is 1.05 bits per heavy atom. The molecule has 0 amide bonds. The van der Waals surface area contributed by atoms with Crippen molar-refractivity contribution in [3.63, 3.8) is 0 Å². The molecule has 0 aromatic rings. The Kier molecular flexibility index (Phi) is 15.5. The summed E-state index contributed by atoms with van der Waals surface area (Å²) in [4.78, 5) is 2.53. The molecule has 0 heterocycles. The van der Waals surface area contributed by atoms with Gasteiger partial charge in [0.1, 0.15) is 11.9 Å². The second-order valence-electron chi connectivity index (χ2n) is 5.84. The van der Waals surface area contributed by atoms with E-state index in [9.17, 15) is 9.50 Å². The van der Waals surface area contributed by atoms with Crippen LogP contribution in [0.3, 0.4) is 0 Å². The van der Waals surface area contributed by atoms with Gasteiger partial charge in [-0.05, 0) is 18.0 Å². The molecular formula is C17H32FN3O. The van der Waals surface area contributed by atoms with Gasteiger partial charge in [-0.3, -0.25) is 0 Å². The zero-order chi connectivity index (χ0) is 16.5. The largest absolute Gasteiger partial charge is 0.386 e. The molecule has 0 saturated heterocycles. The number of halogens is 1. The minimum atomic E-state index is -1.05. The quantitative estimate of drug-likeness (QED) is 0.166. The van der Waals surface area contributed by atoms with E-state index >= 15 is 0 Å². The molecule has 22 heavy (non-hydrogen) atoms. The normalized spacial score (nSPS) is 13.0. The number of hydrogen-bond acceptors (Lipinski definition) is 2. The van der Waals surface area contributed by atoms with Crippen molar-refractivity contribution in [3.05, 3.63) is 22.3 Å². The molecule has 0 bridgehead atoms. The third-order valence-electron chi connectivity index (χ3n) is 3.83. The van der Waals surface area contributed by atoms with Crippen LogP contribution in [0.5, 0.6) is 0 Å². The van der Waals surface area contributed by atoms with Crippen molar-refractivity contribution in [3.8, 4) is 0 Å². The van der Waals surface area contributed by atoms with Gasteiger partial charge in [0.05, 0.1) is 0 Å². The van der Waals surface area contributed by atoms with Crippen LogP contribution in [-0.4, -0.2) is 17.8 Å². The lowest BCUT2D eigenvalue weighted by Gasteiger charge is -2.08. The van der Waals surface area contributed by atoms with E-state index in [1.54, 1.807) is 0 Å². The van der Waals surface area contributed by atoms with Crippen LogP contribution in [0.2, 0.25) is 0 Å². The minimum Gasteiger partial charge on any atom is -0.386 e. The molecule has 0 spiro atoms. The number of aliphatic hydroxyl groups excluding tert-OH is 1. The van der Waals surface area contributed by atoms with Crippen LogP contribution in [0, 0.1) is 0 Å². The summed E-state index contributed by atoms with van der Waals surface area (Å²) >= 11 is 0. The summed E-state index contributed by atoms with van der Waals surface area (Å²) in [5, 5.41) is 12.8. The molecule has 5 heteroatoms.